The fourth-order valence-corrected chi connectivity index (χ4v) is 3.92. The number of hydrogen-bond donors (Lipinski definition) is 0. The molecule has 3 heterocycles. The summed E-state index contributed by atoms with van der Waals surface area (Å²) in [6, 6.07) is 11.0. The number of fused-ring (bicyclic) bond motifs is 1. The van der Waals surface area contributed by atoms with Crippen molar-refractivity contribution in [1.82, 2.24) is 4.98 Å². The van der Waals surface area contributed by atoms with Gasteiger partial charge in [-0.1, -0.05) is 25.1 Å². The molecule has 4 rings (SSSR count). The van der Waals surface area contributed by atoms with Crippen LogP contribution in [0.4, 0.5) is 11.5 Å². The first-order valence-corrected chi connectivity index (χ1v) is 8.71. The molecule has 0 bridgehead atoms. The zero-order chi connectivity index (χ0) is 14.9. The van der Waals surface area contributed by atoms with Crippen molar-refractivity contribution in [3.05, 3.63) is 30.3 Å². The minimum atomic E-state index is 0.788. The SMILES string of the molecule is C[C@H]1CCCN(c2cc(N3CCCC3)nc3ccccc23)C1. The second-order valence-corrected chi connectivity index (χ2v) is 6.90. The van der Waals surface area contributed by atoms with Crippen molar-refractivity contribution in [2.45, 2.75) is 32.6 Å². The normalized spacial score (nSPS) is 22.5. The van der Waals surface area contributed by atoms with Crippen molar-refractivity contribution in [1.29, 1.82) is 0 Å². The number of hydrogen-bond acceptors (Lipinski definition) is 3. The van der Waals surface area contributed by atoms with Gasteiger partial charge in [0.1, 0.15) is 5.82 Å². The minimum Gasteiger partial charge on any atom is -0.371 e. The average molecular weight is 295 g/mol. The van der Waals surface area contributed by atoms with Gasteiger partial charge < -0.3 is 9.80 Å². The van der Waals surface area contributed by atoms with Crippen molar-refractivity contribution in [3.63, 3.8) is 0 Å². The van der Waals surface area contributed by atoms with Gasteiger partial charge in [0.25, 0.3) is 0 Å². The number of benzene rings is 1. The van der Waals surface area contributed by atoms with Crippen molar-refractivity contribution in [3.8, 4) is 0 Å². The Balaban J connectivity index is 1.80. The maximum atomic E-state index is 4.93. The Labute approximate surface area is 132 Å². The molecule has 1 atom stereocenters. The summed E-state index contributed by atoms with van der Waals surface area (Å²) >= 11 is 0. The van der Waals surface area contributed by atoms with Crippen molar-refractivity contribution >= 4 is 22.4 Å². The van der Waals surface area contributed by atoms with Crippen LogP contribution < -0.4 is 9.80 Å². The van der Waals surface area contributed by atoms with E-state index in [0.29, 0.717) is 0 Å². The van der Waals surface area contributed by atoms with Crippen LogP contribution in [-0.2, 0) is 0 Å². The molecule has 2 fully saturated rings. The second kappa shape index (κ2) is 5.79. The predicted molar refractivity (Wildman–Crippen MR) is 93.8 cm³/mol. The van der Waals surface area contributed by atoms with E-state index in [1.54, 1.807) is 0 Å². The Morgan fingerprint density at radius 2 is 1.77 bits per heavy atom. The number of pyridine rings is 1. The highest BCUT2D eigenvalue weighted by Crippen LogP contribution is 2.33. The lowest BCUT2D eigenvalue weighted by Crippen LogP contribution is -2.34. The number of para-hydroxylation sites is 1. The molecule has 1 aromatic heterocycles. The van der Waals surface area contributed by atoms with Crippen LogP contribution in [0.1, 0.15) is 32.6 Å². The van der Waals surface area contributed by atoms with Gasteiger partial charge in [0, 0.05) is 43.3 Å². The Morgan fingerprint density at radius 1 is 1.00 bits per heavy atom. The quantitative estimate of drug-likeness (QED) is 0.832. The van der Waals surface area contributed by atoms with E-state index in [9.17, 15) is 0 Å². The fourth-order valence-electron chi connectivity index (χ4n) is 3.92. The average Bonchev–Trinajstić information content (AvgIpc) is 3.08. The lowest BCUT2D eigenvalue weighted by atomic mass is 9.99. The lowest BCUT2D eigenvalue weighted by molar-refractivity contribution is 0.447. The molecule has 0 radical (unpaired) electrons. The summed E-state index contributed by atoms with van der Waals surface area (Å²) in [4.78, 5) is 9.96. The molecule has 0 spiro atoms. The molecule has 2 aliphatic rings. The Hall–Kier alpha value is -1.77. The molecule has 0 N–H and O–H groups in total. The number of piperidine rings is 1. The van der Waals surface area contributed by atoms with Crippen LogP contribution >= 0.6 is 0 Å². The molecule has 116 valence electrons. The maximum absolute atomic E-state index is 4.93. The van der Waals surface area contributed by atoms with Crippen LogP contribution in [0, 0.1) is 5.92 Å². The van der Waals surface area contributed by atoms with E-state index in [4.69, 9.17) is 4.98 Å². The molecule has 2 aromatic rings. The monoisotopic (exact) mass is 295 g/mol. The zero-order valence-corrected chi connectivity index (χ0v) is 13.5. The molecule has 0 amide bonds. The summed E-state index contributed by atoms with van der Waals surface area (Å²) in [7, 11) is 0. The van der Waals surface area contributed by atoms with E-state index >= 15 is 0 Å². The molecule has 1 aromatic carbocycles. The predicted octanol–water partition coefficient (Wildman–Crippen LogP) is 4.07. The number of aromatic nitrogens is 1. The largest absolute Gasteiger partial charge is 0.371 e. The first-order valence-electron chi connectivity index (χ1n) is 8.71. The molecular weight excluding hydrogens is 270 g/mol. The number of rotatable bonds is 2. The van der Waals surface area contributed by atoms with Crippen LogP contribution in [-0.4, -0.2) is 31.2 Å². The van der Waals surface area contributed by atoms with E-state index in [1.807, 2.05) is 0 Å². The Kier molecular flexibility index (Phi) is 3.65. The van der Waals surface area contributed by atoms with Gasteiger partial charge in [-0.25, -0.2) is 4.98 Å². The summed E-state index contributed by atoms with van der Waals surface area (Å²) in [6.45, 7) is 7.03. The Bertz CT molecular complexity index is 661. The smallest absolute Gasteiger partial charge is 0.131 e. The highest BCUT2D eigenvalue weighted by molar-refractivity contribution is 5.93. The van der Waals surface area contributed by atoms with Crippen LogP contribution in [0.2, 0.25) is 0 Å². The van der Waals surface area contributed by atoms with Crippen molar-refractivity contribution in [2.75, 3.05) is 36.0 Å². The minimum absolute atomic E-state index is 0.788. The molecule has 0 saturated carbocycles. The zero-order valence-electron chi connectivity index (χ0n) is 13.5. The summed E-state index contributed by atoms with van der Waals surface area (Å²) in [5.41, 5.74) is 2.53. The standard InChI is InChI=1S/C19H25N3/c1-15-7-6-12-22(14-15)18-13-19(21-10-4-5-11-21)20-17-9-3-2-8-16(17)18/h2-3,8-9,13,15H,4-7,10-12,14H2,1H3/t15-/m0/s1. The van der Waals surface area contributed by atoms with Crippen LogP contribution in [0.5, 0.6) is 0 Å². The number of anilines is 2. The third-order valence-corrected chi connectivity index (χ3v) is 5.11. The van der Waals surface area contributed by atoms with Gasteiger partial charge >= 0.3 is 0 Å². The van der Waals surface area contributed by atoms with Crippen LogP contribution in [0.15, 0.2) is 30.3 Å². The Morgan fingerprint density at radius 3 is 2.59 bits per heavy atom. The molecule has 2 saturated heterocycles. The fraction of sp³-hybridized carbons (Fsp3) is 0.526. The first kappa shape index (κ1) is 13.9. The van der Waals surface area contributed by atoms with Gasteiger partial charge in [0.05, 0.1) is 5.52 Å². The third kappa shape index (κ3) is 2.53. The molecule has 3 nitrogen and oxygen atoms in total. The molecule has 2 aliphatic heterocycles. The van der Waals surface area contributed by atoms with E-state index < -0.39 is 0 Å². The van der Waals surface area contributed by atoms with Gasteiger partial charge in [-0.05, 0) is 37.7 Å². The van der Waals surface area contributed by atoms with Gasteiger partial charge in [-0.2, -0.15) is 0 Å². The highest BCUT2D eigenvalue weighted by atomic mass is 15.2. The van der Waals surface area contributed by atoms with Gasteiger partial charge in [0.15, 0.2) is 0 Å². The third-order valence-electron chi connectivity index (χ3n) is 5.11. The second-order valence-electron chi connectivity index (χ2n) is 6.90. The maximum Gasteiger partial charge on any atom is 0.131 e. The van der Waals surface area contributed by atoms with Crippen molar-refractivity contribution < 1.29 is 0 Å². The topological polar surface area (TPSA) is 19.4 Å². The van der Waals surface area contributed by atoms with Crippen molar-refractivity contribution in [2.24, 2.45) is 5.92 Å². The molecular formula is C19H25N3. The lowest BCUT2D eigenvalue weighted by Gasteiger charge is -2.34. The van der Waals surface area contributed by atoms with E-state index in [2.05, 4.69) is 47.1 Å². The highest BCUT2D eigenvalue weighted by Gasteiger charge is 2.21. The van der Waals surface area contributed by atoms with E-state index in [-0.39, 0.29) is 0 Å². The van der Waals surface area contributed by atoms with Gasteiger partial charge in [-0.3, -0.25) is 0 Å². The van der Waals surface area contributed by atoms with Gasteiger partial charge in [0.2, 0.25) is 0 Å². The number of nitrogens with zero attached hydrogens (tertiary/aromatic N) is 3. The van der Waals surface area contributed by atoms with Crippen LogP contribution in [0.25, 0.3) is 10.9 Å². The summed E-state index contributed by atoms with van der Waals surface area (Å²) in [5, 5.41) is 1.31. The summed E-state index contributed by atoms with van der Waals surface area (Å²) < 4.78 is 0. The molecule has 3 heteroatoms. The molecule has 22 heavy (non-hydrogen) atoms. The van der Waals surface area contributed by atoms with Crippen LogP contribution in [0.3, 0.4) is 0 Å². The molecule has 0 aliphatic carbocycles. The summed E-state index contributed by atoms with van der Waals surface area (Å²) in [6.07, 6.45) is 5.25. The van der Waals surface area contributed by atoms with E-state index in [0.717, 1.165) is 24.5 Å². The van der Waals surface area contributed by atoms with Gasteiger partial charge in [-0.15, -0.1) is 0 Å². The first-order chi connectivity index (χ1) is 10.8. The summed E-state index contributed by atoms with van der Waals surface area (Å²) in [5.74, 6) is 1.96. The molecule has 0 unspecified atom stereocenters. The van der Waals surface area contributed by atoms with E-state index in [1.165, 1.54) is 55.7 Å².